The van der Waals surface area contributed by atoms with Gasteiger partial charge in [-0.05, 0) is 47.5 Å². The van der Waals surface area contributed by atoms with Crippen molar-refractivity contribution < 1.29 is 42.4 Å². The van der Waals surface area contributed by atoms with Crippen molar-refractivity contribution >= 4 is 11.9 Å². The van der Waals surface area contributed by atoms with Gasteiger partial charge < -0.3 is 29.4 Å². The number of hydrogen-bond acceptors (Lipinski definition) is 6. The molecule has 1 aliphatic carbocycles. The number of amides is 1. The molecule has 1 saturated carbocycles. The number of carboxylic acid groups (broad SMARTS) is 1. The lowest BCUT2D eigenvalue weighted by Gasteiger charge is -2.33. The van der Waals surface area contributed by atoms with E-state index < -0.39 is 41.8 Å². The number of alkyl halides is 2. The van der Waals surface area contributed by atoms with Crippen LogP contribution >= 0.6 is 0 Å². The highest BCUT2D eigenvalue weighted by Crippen LogP contribution is 2.62. The summed E-state index contributed by atoms with van der Waals surface area (Å²) in [6.07, 6.45) is -0.281. The van der Waals surface area contributed by atoms with Gasteiger partial charge in [0.15, 0.2) is 11.5 Å². The molecule has 1 amide bonds. The normalized spacial score (nSPS) is 24.1. The fraction of sp³-hybridized carbons (Fsp3) is 0.286. The number of carboxylic acids is 1. The number of ether oxygens (including phenoxy) is 4. The zero-order valence-corrected chi connectivity index (χ0v) is 20.1. The van der Waals surface area contributed by atoms with E-state index in [9.17, 15) is 23.5 Å². The molecule has 38 heavy (non-hydrogen) atoms. The van der Waals surface area contributed by atoms with Crippen molar-refractivity contribution in [2.75, 3.05) is 13.9 Å². The number of rotatable bonds is 6. The number of carbonyl (C=O) groups is 2. The highest BCUT2D eigenvalue weighted by Gasteiger charge is 2.72. The van der Waals surface area contributed by atoms with E-state index in [1.54, 1.807) is 36.4 Å². The van der Waals surface area contributed by atoms with Crippen molar-refractivity contribution in [2.24, 2.45) is 5.92 Å². The van der Waals surface area contributed by atoms with Gasteiger partial charge in [0.05, 0.1) is 24.6 Å². The summed E-state index contributed by atoms with van der Waals surface area (Å²) in [6, 6.07) is 15.3. The molecule has 10 heteroatoms. The van der Waals surface area contributed by atoms with Gasteiger partial charge in [-0.1, -0.05) is 18.2 Å². The van der Waals surface area contributed by atoms with Crippen LogP contribution in [0.5, 0.6) is 23.0 Å². The fourth-order valence-corrected chi connectivity index (χ4v) is 5.19. The molecule has 6 rings (SSSR count). The van der Waals surface area contributed by atoms with Crippen LogP contribution < -0.4 is 24.3 Å². The first-order valence-corrected chi connectivity index (χ1v) is 12.0. The van der Waals surface area contributed by atoms with Crippen molar-refractivity contribution in [3.63, 3.8) is 0 Å². The second-order valence-corrected chi connectivity index (χ2v) is 9.48. The molecule has 3 aromatic carbocycles. The van der Waals surface area contributed by atoms with E-state index in [-0.39, 0.29) is 18.8 Å². The Kier molecular flexibility index (Phi) is 5.62. The molecule has 1 fully saturated rings. The third kappa shape index (κ3) is 4.06. The van der Waals surface area contributed by atoms with E-state index in [2.05, 4.69) is 5.32 Å². The maximum Gasteiger partial charge on any atom is 0.335 e. The van der Waals surface area contributed by atoms with Gasteiger partial charge in [-0.25, -0.2) is 13.6 Å². The summed E-state index contributed by atoms with van der Waals surface area (Å²) < 4.78 is 51.9. The van der Waals surface area contributed by atoms with Gasteiger partial charge in [-0.3, -0.25) is 4.79 Å². The molecule has 0 spiro atoms. The van der Waals surface area contributed by atoms with Gasteiger partial charge in [0.25, 0.3) is 5.92 Å². The summed E-state index contributed by atoms with van der Waals surface area (Å²) in [5.41, 5.74) is 1.77. The minimum absolute atomic E-state index is 0.0257. The first kappa shape index (κ1) is 24.0. The van der Waals surface area contributed by atoms with Gasteiger partial charge >= 0.3 is 5.97 Å². The van der Waals surface area contributed by atoms with E-state index >= 15 is 0 Å². The number of benzene rings is 3. The Morgan fingerprint density at radius 3 is 2.45 bits per heavy atom. The zero-order chi connectivity index (χ0) is 26.6. The number of nitrogens with one attached hydrogen (secondary N) is 1. The van der Waals surface area contributed by atoms with Crippen LogP contribution in [-0.4, -0.2) is 36.8 Å². The van der Waals surface area contributed by atoms with Crippen LogP contribution in [0.25, 0.3) is 0 Å². The molecule has 8 nitrogen and oxygen atoms in total. The van der Waals surface area contributed by atoms with Crippen molar-refractivity contribution in [3.8, 4) is 23.0 Å². The number of methoxy groups -OCH3 is 1. The highest BCUT2D eigenvalue weighted by atomic mass is 19.3. The van der Waals surface area contributed by atoms with E-state index in [1.165, 1.54) is 31.4 Å². The molecule has 0 aromatic heterocycles. The molecule has 0 bridgehead atoms. The summed E-state index contributed by atoms with van der Waals surface area (Å²) in [6.45, 7) is 0.0257. The number of fused-ring (bicyclic) bond motifs is 2. The Labute approximate surface area is 216 Å². The minimum Gasteiger partial charge on any atom is -0.497 e. The summed E-state index contributed by atoms with van der Waals surface area (Å²) in [5, 5.41) is 12.0. The molecule has 196 valence electrons. The number of aromatic carboxylic acids is 1. The Morgan fingerprint density at radius 2 is 1.71 bits per heavy atom. The third-order valence-corrected chi connectivity index (χ3v) is 7.25. The molecule has 4 atom stereocenters. The Morgan fingerprint density at radius 1 is 0.974 bits per heavy atom. The van der Waals surface area contributed by atoms with Crippen LogP contribution in [0.3, 0.4) is 0 Å². The molecule has 2 unspecified atom stereocenters. The maximum absolute atomic E-state index is 14.9. The Balaban J connectivity index is 1.26. The SMILES string of the molecule is COc1ccc2c(c1)O[C@@H](c1ccc(C(=O)O)cc1)C[C@H]2NC(=O)C1C(c2ccc3c(c2)OCO3)C1(F)F. The predicted octanol–water partition coefficient (Wildman–Crippen LogP) is 4.85. The lowest BCUT2D eigenvalue weighted by Crippen LogP contribution is -2.35. The van der Waals surface area contributed by atoms with Gasteiger partial charge in [0.2, 0.25) is 12.7 Å². The monoisotopic (exact) mass is 523 g/mol. The van der Waals surface area contributed by atoms with E-state index in [1.807, 2.05) is 0 Å². The van der Waals surface area contributed by atoms with Crippen molar-refractivity contribution in [1.29, 1.82) is 0 Å². The van der Waals surface area contributed by atoms with Crippen molar-refractivity contribution in [3.05, 3.63) is 82.9 Å². The standard InChI is InChI=1S/C28H23F2NO7/c1-35-17-7-8-18-19(12-21(38-22(18)11-17)14-2-4-15(5-3-14)27(33)34)31-26(32)25-24(28(25,29)30)16-6-9-20-23(10-16)37-13-36-20/h2-11,19,21,24-25H,12-13H2,1H3,(H,31,32)(H,33,34)/t19-,21-,24?,25?/m1/s1. The smallest absolute Gasteiger partial charge is 0.335 e. The van der Waals surface area contributed by atoms with E-state index in [0.29, 0.717) is 39.7 Å². The van der Waals surface area contributed by atoms with Crippen LogP contribution in [0.4, 0.5) is 8.78 Å². The molecular weight excluding hydrogens is 500 g/mol. The lowest BCUT2D eigenvalue weighted by atomic mass is 9.92. The third-order valence-electron chi connectivity index (χ3n) is 7.25. The number of carbonyl (C=O) groups excluding carboxylic acids is 1. The fourth-order valence-electron chi connectivity index (χ4n) is 5.19. The van der Waals surface area contributed by atoms with Gasteiger partial charge in [0, 0.05) is 18.1 Å². The van der Waals surface area contributed by atoms with E-state index in [0.717, 1.165) is 0 Å². The van der Waals surface area contributed by atoms with Crippen LogP contribution in [0.1, 0.15) is 51.5 Å². The Hall–Kier alpha value is -4.34. The summed E-state index contributed by atoms with van der Waals surface area (Å²) >= 11 is 0. The van der Waals surface area contributed by atoms with Crippen LogP contribution in [-0.2, 0) is 4.79 Å². The first-order valence-electron chi connectivity index (χ1n) is 12.0. The number of halogens is 2. The highest BCUT2D eigenvalue weighted by molar-refractivity contribution is 5.87. The molecule has 3 aromatic rings. The van der Waals surface area contributed by atoms with E-state index in [4.69, 9.17) is 18.9 Å². The first-order chi connectivity index (χ1) is 18.3. The average molecular weight is 523 g/mol. The quantitative estimate of drug-likeness (QED) is 0.476. The number of hydrogen-bond donors (Lipinski definition) is 2. The molecular formula is C28H23F2NO7. The van der Waals surface area contributed by atoms with Gasteiger partial charge in [-0.2, -0.15) is 0 Å². The lowest BCUT2D eigenvalue weighted by molar-refractivity contribution is -0.125. The average Bonchev–Trinajstić information content (AvgIpc) is 3.23. The molecule has 0 saturated heterocycles. The van der Waals surface area contributed by atoms with Crippen LogP contribution in [0.15, 0.2) is 60.7 Å². The largest absolute Gasteiger partial charge is 0.497 e. The molecule has 2 heterocycles. The van der Waals surface area contributed by atoms with Crippen molar-refractivity contribution in [1.82, 2.24) is 5.32 Å². The van der Waals surface area contributed by atoms with Gasteiger partial charge in [-0.15, -0.1) is 0 Å². The van der Waals surface area contributed by atoms with Crippen LogP contribution in [0, 0.1) is 5.92 Å². The minimum atomic E-state index is -3.21. The van der Waals surface area contributed by atoms with Crippen LogP contribution in [0.2, 0.25) is 0 Å². The van der Waals surface area contributed by atoms with Gasteiger partial charge in [0.1, 0.15) is 23.5 Å². The molecule has 2 aliphatic heterocycles. The zero-order valence-electron chi connectivity index (χ0n) is 20.1. The predicted molar refractivity (Wildman–Crippen MR) is 129 cm³/mol. The summed E-state index contributed by atoms with van der Waals surface area (Å²) in [7, 11) is 1.51. The summed E-state index contributed by atoms with van der Waals surface area (Å²) in [4.78, 5) is 24.5. The maximum atomic E-state index is 14.9. The second kappa shape index (κ2) is 8.90. The van der Waals surface area contributed by atoms with Crippen molar-refractivity contribution in [2.45, 2.75) is 30.4 Å². The molecule has 3 aliphatic rings. The second-order valence-electron chi connectivity index (χ2n) is 9.48. The molecule has 0 radical (unpaired) electrons. The summed E-state index contributed by atoms with van der Waals surface area (Å²) in [5.74, 6) is -5.97. The topological polar surface area (TPSA) is 103 Å². The Bertz CT molecular complexity index is 1430. The molecule has 2 N–H and O–H groups in total.